The van der Waals surface area contributed by atoms with Crippen LogP contribution in [0.2, 0.25) is 0 Å². The third-order valence-corrected chi connectivity index (χ3v) is 3.61. The fraction of sp³-hybridized carbons (Fsp3) is 0.294. The van der Waals surface area contributed by atoms with Gasteiger partial charge in [-0.2, -0.15) is 0 Å². The fourth-order valence-corrected chi connectivity index (χ4v) is 2.44. The Labute approximate surface area is 119 Å². The Balaban J connectivity index is 2.35. The first kappa shape index (κ1) is 14.4. The quantitative estimate of drug-likeness (QED) is 0.891. The summed E-state index contributed by atoms with van der Waals surface area (Å²) < 4.78 is 13.4. The SMILES string of the molecule is CCN(c1ccc(C)cc1)C(C)c1cc(F)ccc1O. The number of halogens is 1. The second-order valence-electron chi connectivity index (χ2n) is 5.00. The molecule has 0 amide bonds. The molecule has 0 radical (unpaired) electrons. The van der Waals surface area contributed by atoms with Gasteiger partial charge >= 0.3 is 0 Å². The van der Waals surface area contributed by atoms with Crippen molar-refractivity contribution in [2.24, 2.45) is 0 Å². The lowest BCUT2D eigenvalue weighted by Crippen LogP contribution is -2.26. The van der Waals surface area contributed by atoms with E-state index >= 15 is 0 Å². The maximum absolute atomic E-state index is 13.4. The summed E-state index contributed by atoms with van der Waals surface area (Å²) >= 11 is 0. The van der Waals surface area contributed by atoms with E-state index in [1.54, 1.807) is 0 Å². The molecule has 3 heteroatoms. The van der Waals surface area contributed by atoms with Gasteiger partial charge in [-0.05, 0) is 51.1 Å². The van der Waals surface area contributed by atoms with Gasteiger partial charge in [-0.1, -0.05) is 17.7 Å². The Kier molecular flexibility index (Phi) is 4.28. The fourth-order valence-electron chi connectivity index (χ4n) is 2.44. The van der Waals surface area contributed by atoms with Gasteiger partial charge in [0.2, 0.25) is 0 Å². The summed E-state index contributed by atoms with van der Waals surface area (Å²) in [5.74, 6) is -0.200. The molecule has 20 heavy (non-hydrogen) atoms. The first-order valence-electron chi connectivity index (χ1n) is 6.84. The van der Waals surface area contributed by atoms with Crippen LogP contribution in [-0.4, -0.2) is 11.7 Å². The molecule has 1 atom stereocenters. The van der Waals surface area contributed by atoms with E-state index in [0.717, 1.165) is 12.2 Å². The Hall–Kier alpha value is -2.03. The molecule has 0 heterocycles. The van der Waals surface area contributed by atoms with Gasteiger partial charge in [0.05, 0.1) is 6.04 Å². The van der Waals surface area contributed by atoms with Crippen LogP contribution in [0.15, 0.2) is 42.5 Å². The van der Waals surface area contributed by atoms with Crippen LogP contribution in [0.25, 0.3) is 0 Å². The van der Waals surface area contributed by atoms with Crippen molar-refractivity contribution >= 4 is 5.69 Å². The number of anilines is 1. The standard InChI is InChI=1S/C17H20FNO/c1-4-19(15-8-5-12(2)6-9-15)13(3)16-11-14(18)7-10-17(16)20/h5-11,13,20H,4H2,1-3H3. The van der Waals surface area contributed by atoms with Gasteiger partial charge in [0.25, 0.3) is 0 Å². The third kappa shape index (κ3) is 2.93. The number of phenolic OH excluding ortho intramolecular Hbond substituents is 1. The van der Waals surface area contributed by atoms with Gasteiger partial charge in [0.1, 0.15) is 11.6 Å². The molecule has 2 aromatic rings. The first-order valence-corrected chi connectivity index (χ1v) is 6.84. The molecule has 0 aliphatic rings. The zero-order chi connectivity index (χ0) is 14.7. The van der Waals surface area contributed by atoms with Crippen LogP contribution in [-0.2, 0) is 0 Å². The number of benzene rings is 2. The maximum atomic E-state index is 13.4. The van der Waals surface area contributed by atoms with Gasteiger partial charge in [-0.15, -0.1) is 0 Å². The molecule has 0 aromatic heterocycles. The number of nitrogens with zero attached hydrogens (tertiary/aromatic N) is 1. The zero-order valence-corrected chi connectivity index (χ0v) is 12.1. The van der Waals surface area contributed by atoms with Gasteiger partial charge < -0.3 is 10.0 Å². The van der Waals surface area contributed by atoms with Crippen molar-refractivity contribution in [2.45, 2.75) is 26.8 Å². The molecule has 0 aliphatic heterocycles. The molecule has 2 aromatic carbocycles. The summed E-state index contributed by atoms with van der Waals surface area (Å²) in [5.41, 5.74) is 2.87. The Morgan fingerprint density at radius 1 is 1.15 bits per heavy atom. The van der Waals surface area contributed by atoms with Crippen molar-refractivity contribution in [1.29, 1.82) is 0 Å². The maximum Gasteiger partial charge on any atom is 0.123 e. The summed E-state index contributed by atoms with van der Waals surface area (Å²) in [6.45, 7) is 6.84. The summed E-state index contributed by atoms with van der Waals surface area (Å²) in [4.78, 5) is 2.13. The van der Waals surface area contributed by atoms with Crippen molar-refractivity contribution in [1.82, 2.24) is 0 Å². The Morgan fingerprint density at radius 2 is 1.80 bits per heavy atom. The number of phenols is 1. The van der Waals surface area contributed by atoms with E-state index in [1.165, 1.54) is 23.8 Å². The highest BCUT2D eigenvalue weighted by atomic mass is 19.1. The van der Waals surface area contributed by atoms with Gasteiger partial charge in [-0.25, -0.2) is 4.39 Å². The molecule has 0 aliphatic carbocycles. The van der Waals surface area contributed by atoms with Crippen molar-refractivity contribution < 1.29 is 9.50 Å². The Morgan fingerprint density at radius 3 is 2.40 bits per heavy atom. The number of hydrogen-bond donors (Lipinski definition) is 1. The molecule has 2 nitrogen and oxygen atoms in total. The van der Waals surface area contributed by atoms with Crippen LogP contribution >= 0.6 is 0 Å². The highest BCUT2D eigenvalue weighted by Crippen LogP contribution is 2.32. The van der Waals surface area contributed by atoms with Gasteiger partial charge in [-0.3, -0.25) is 0 Å². The molecule has 0 bridgehead atoms. The minimum atomic E-state index is -0.329. The number of hydrogen-bond acceptors (Lipinski definition) is 2. The van der Waals surface area contributed by atoms with E-state index in [-0.39, 0.29) is 17.6 Å². The molecular weight excluding hydrogens is 253 g/mol. The number of aromatic hydroxyl groups is 1. The predicted molar refractivity (Wildman–Crippen MR) is 80.7 cm³/mol. The highest BCUT2D eigenvalue weighted by Gasteiger charge is 2.18. The number of rotatable bonds is 4. The van der Waals surface area contributed by atoms with Crippen LogP contribution in [0.1, 0.15) is 31.0 Å². The van der Waals surface area contributed by atoms with Crippen molar-refractivity contribution in [2.75, 3.05) is 11.4 Å². The topological polar surface area (TPSA) is 23.5 Å². The van der Waals surface area contributed by atoms with Crippen LogP contribution in [0.3, 0.4) is 0 Å². The lowest BCUT2D eigenvalue weighted by Gasteiger charge is -2.31. The number of aryl methyl sites for hydroxylation is 1. The lowest BCUT2D eigenvalue weighted by atomic mass is 10.0. The van der Waals surface area contributed by atoms with Crippen LogP contribution in [0, 0.1) is 12.7 Å². The Bertz CT molecular complexity index is 580. The highest BCUT2D eigenvalue weighted by molar-refractivity contribution is 5.51. The largest absolute Gasteiger partial charge is 0.508 e. The predicted octanol–water partition coefficient (Wildman–Crippen LogP) is 4.43. The van der Waals surface area contributed by atoms with Crippen molar-refractivity contribution in [3.63, 3.8) is 0 Å². The first-order chi connectivity index (χ1) is 9.52. The molecule has 106 valence electrons. The minimum Gasteiger partial charge on any atom is -0.508 e. The van der Waals surface area contributed by atoms with Crippen molar-refractivity contribution in [3.05, 3.63) is 59.4 Å². The normalized spacial score (nSPS) is 12.2. The molecule has 0 saturated carbocycles. The average molecular weight is 273 g/mol. The summed E-state index contributed by atoms with van der Waals surface area (Å²) in [6, 6.07) is 12.2. The van der Waals surface area contributed by atoms with E-state index in [4.69, 9.17) is 0 Å². The second-order valence-corrected chi connectivity index (χ2v) is 5.00. The van der Waals surface area contributed by atoms with E-state index in [1.807, 2.05) is 32.9 Å². The molecule has 0 saturated heterocycles. The van der Waals surface area contributed by atoms with E-state index in [0.29, 0.717) is 5.56 Å². The summed E-state index contributed by atoms with van der Waals surface area (Å²) in [7, 11) is 0. The van der Waals surface area contributed by atoms with Crippen LogP contribution < -0.4 is 4.90 Å². The van der Waals surface area contributed by atoms with Gasteiger partial charge in [0.15, 0.2) is 0 Å². The molecule has 1 unspecified atom stereocenters. The molecule has 0 fully saturated rings. The van der Waals surface area contributed by atoms with Gasteiger partial charge in [0, 0.05) is 17.8 Å². The summed E-state index contributed by atoms with van der Waals surface area (Å²) in [6.07, 6.45) is 0. The average Bonchev–Trinajstić information content (AvgIpc) is 2.44. The third-order valence-electron chi connectivity index (χ3n) is 3.61. The smallest absolute Gasteiger partial charge is 0.123 e. The molecule has 1 N–H and O–H groups in total. The summed E-state index contributed by atoms with van der Waals surface area (Å²) in [5, 5.41) is 9.95. The van der Waals surface area contributed by atoms with E-state index < -0.39 is 0 Å². The van der Waals surface area contributed by atoms with Crippen LogP contribution in [0.4, 0.5) is 10.1 Å². The lowest BCUT2D eigenvalue weighted by molar-refractivity contribution is 0.458. The molecule has 0 spiro atoms. The zero-order valence-electron chi connectivity index (χ0n) is 12.1. The van der Waals surface area contributed by atoms with E-state index in [2.05, 4.69) is 17.0 Å². The second kappa shape index (κ2) is 5.95. The minimum absolute atomic E-state index is 0.0987. The molecule has 2 rings (SSSR count). The van der Waals surface area contributed by atoms with Crippen LogP contribution in [0.5, 0.6) is 5.75 Å². The van der Waals surface area contributed by atoms with E-state index in [9.17, 15) is 9.50 Å². The monoisotopic (exact) mass is 273 g/mol. The molecular formula is C17H20FNO. The van der Waals surface area contributed by atoms with Crippen molar-refractivity contribution in [3.8, 4) is 5.75 Å².